The lowest BCUT2D eigenvalue weighted by atomic mass is 10.0. The molecule has 1 aromatic carbocycles. The first-order valence-electron chi connectivity index (χ1n) is 4.40. The first-order chi connectivity index (χ1) is 8.04. The molecule has 0 saturated carbocycles. The van der Waals surface area contributed by atoms with Crippen LogP contribution in [0.5, 0.6) is 0 Å². The number of rotatable bonds is 3. The maximum absolute atomic E-state index is 11.4. The zero-order valence-corrected chi connectivity index (χ0v) is 10.4. The predicted molar refractivity (Wildman–Crippen MR) is 61.8 cm³/mol. The first kappa shape index (κ1) is 13.1. The van der Waals surface area contributed by atoms with Crippen LogP contribution in [0.1, 0.15) is 21.5 Å². The van der Waals surface area contributed by atoms with Gasteiger partial charge in [-0.25, -0.2) is 4.79 Å². The molecule has 0 N–H and O–H groups in total. The fraction of sp³-hybridized carbons (Fsp3) is 0.200. The summed E-state index contributed by atoms with van der Waals surface area (Å²) in [4.78, 5) is 21.5. The molecule has 17 heavy (non-hydrogen) atoms. The van der Waals surface area contributed by atoms with Gasteiger partial charge in [-0.05, 0) is 11.6 Å². The van der Waals surface area contributed by atoms with Gasteiger partial charge in [0.25, 0.3) is 5.69 Å². The number of carbonyl (C=O) groups is 1. The summed E-state index contributed by atoms with van der Waals surface area (Å²) in [7, 11) is 1.12. The zero-order valence-electron chi connectivity index (χ0n) is 8.77. The van der Waals surface area contributed by atoms with Crippen molar-refractivity contribution in [3.05, 3.63) is 38.9 Å². The van der Waals surface area contributed by atoms with Crippen LogP contribution in [-0.4, -0.2) is 18.0 Å². The number of nitrogens with zero attached hydrogens (tertiary/aromatic N) is 2. The molecule has 0 fully saturated rings. The highest BCUT2D eigenvalue weighted by molar-refractivity contribution is 9.08. The van der Waals surface area contributed by atoms with Crippen molar-refractivity contribution in [3.8, 4) is 6.07 Å². The van der Waals surface area contributed by atoms with E-state index >= 15 is 0 Å². The number of halogens is 1. The molecule has 0 aromatic heterocycles. The van der Waals surface area contributed by atoms with Gasteiger partial charge in [0.1, 0.15) is 5.56 Å². The SMILES string of the molecule is COC(=O)c1cc(C#N)c(CBr)cc1[N+](=O)[O-]. The van der Waals surface area contributed by atoms with Crippen LogP contribution >= 0.6 is 15.9 Å². The Kier molecular flexibility index (Phi) is 4.17. The lowest BCUT2D eigenvalue weighted by molar-refractivity contribution is -0.385. The van der Waals surface area contributed by atoms with Gasteiger partial charge in [-0.3, -0.25) is 10.1 Å². The highest BCUT2D eigenvalue weighted by Crippen LogP contribution is 2.25. The maximum Gasteiger partial charge on any atom is 0.344 e. The summed E-state index contributed by atoms with van der Waals surface area (Å²) in [6.07, 6.45) is 0. The van der Waals surface area contributed by atoms with Gasteiger partial charge < -0.3 is 4.74 Å². The van der Waals surface area contributed by atoms with E-state index in [1.54, 1.807) is 0 Å². The highest BCUT2D eigenvalue weighted by Gasteiger charge is 2.23. The number of carbonyl (C=O) groups excluding carboxylic acids is 1. The Morgan fingerprint density at radius 1 is 1.65 bits per heavy atom. The number of benzene rings is 1. The van der Waals surface area contributed by atoms with Gasteiger partial charge in [-0.2, -0.15) is 5.26 Å². The Balaban J connectivity index is 3.52. The molecule has 0 bridgehead atoms. The molecule has 0 saturated heterocycles. The second-order valence-electron chi connectivity index (χ2n) is 3.02. The van der Waals surface area contributed by atoms with Crippen LogP contribution < -0.4 is 0 Å². The minimum absolute atomic E-state index is 0.202. The molecule has 0 aliphatic heterocycles. The Labute approximate surface area is 105 Å². The number of nitro groups is 1. The summed E-state index contributed by atoms with van der Waals surface area (Å²) in [5.74, 6) is -0.839. The van der Waals surface area contributed by atoms with E-state index in [2.05, 4.69) is 20.7 Å². The molecule has 0 heterocycles. The summed E-state index contributed by atoms with van der Waals surface area (Å²) in [6.45, 7) is 0. The van der Waals surface area contributed by atoms with Crippen molar-refractivity contribution >= 4 is 27.6 Å². The molecule has 6 nitrogen and oxygen atoms in total. The van der Waals surface area contributed by atoms with Crippen LogP contribution in [0.3, 0.4) is 0 Å². The smallest absolute Gasteiger partial charge is 0.344 e. The number of ether oxygens (including phenoxy) is 1. The molecule has 1 rings (SSSR count). The van der Waals surface area contributed by atoms with Crippen LogP contribution in [-0.2, 0) is 10.1 Å². The molecule has 0 aliphatic rings. The number of methoxy groups -OCH3 is 1. The largest absolute Gasteiger partial charge is 0.465 e. The molecule has 1 aromatic rings. The second kappa shape index (κ2) is 5.41. The van der Waals surface area contributed by atoms with E-state index in [-0.39, 0.29) is 22.1 Å². The van der Waals surface area contributed by atoms with Crippen LogP contribution in [0.4, 0.5) is 5.69 Å². The molecule has 0 unspecified atom stereocenters. The third-order valence-electron chi connectivity index (χ3n) is 2.09. The molecule has 0 aliphatic carbocycles. The maximum atomic E-state index is 11.4. The van der Waals surface area contributed by atoms with Gasteiger partial charge >= 0.3 is 5.97 Å². The molecule has 7 heteroatoms. The summed E-state index contributed by atoms with van der Waals surface area (Å²) in [5, 5.41) is 20.0. The predicted octanol–water partition coefficient (Wildman–Crippen LogP) is 2.15. The van der Waals surface area contributed by atoms with Gasteiger partial charge in [-0.15, -0.1) is 0 Å². The average Bonchev–Trinajstić information content (AvgIpc) is 2.35. The second-order valence-corrected chi connectivity index (χ2v) is 3.58. The van der Waals surface area contributed by atoms with Crippen molar-refractivity contribution in [3.63, 3.8) is 0 Å². The van der Waals surface area contributed by atoms with E-state index in [1.807, 2.05) is 6.07 Å². The van der Waals surface area contributed by atoms with Crippen LogP contribution in [0.25, 0.3) is 0 Å². The van der Waals surface area contributed by atoms with Gasteiger partial charge in [0.05, 0.1) is 23.7 Å². The molecule has 0 spiro atoms. The number of hydrogen-bond acceptors (Lipinski definition) is 5. The summed E-state index contributed by atoms with van der Waals surface area (Å²) in [5.41, 5.74) is 0.0591. The van der Waals surface area contributed by atoms with E-state index in [0.717, 1.165) is 7.11 Å². The third kappa shape index (κ3) is 2.60. The molecular weight excluding hydrogens is 292 g/mol. The minimum atomic E-state index is -0.839. The Hall–Kier alpha value is -1.94. The Bertz CT molecular complexity index is 522. The molecule has 0 atom stereocenters. The minimum Gasteiger partial charge on any atom is -0.465 e. The van der Waals surface area contributed by atoms with E-state index < -0.39 is 10.9 Å². The topological polar surface area (TPSA) is 93.2 Å². The normalized spacial score (nSPS) is 9.47. The van der Waals surface area contributed by atoms with Crippen molar-refractivity contribution in [1.82, 2.24) is 0 Å². The summed E-state index contributed by atoms with van der Waals surface area (Å²) < 4.78 is 4.44. The average molecular weight is 299 g/mol. The lowest BCUT2D eigenvalue weighted by Crippen LogP contribution is -2.07. The Morgan fingerprint density at radius 3 is 2.71 bits per heavy atom. The van der Waals surface area contributed by atoms with Gasteiger partial charge in [0.15, 0.2) is 0 Å². The summed E-state index contributed by atoms with van der Waals surface area (Å²) >= 11 is 3.12. The first-order valence-corrected chi connectivity index (χ1v) is 5.53. The van der Waals surface area contributed by atoms with Gasteiger partial charge in [0, 0.05) is 11.4 Å². The van der Waals surface area contributed by atoms with Crippen molar-refractivity contribution < 1.29 is 14.5 Å². The fourth-order valence-corrected chi connectivity index (χ4v) is 1.73. The quantitative estimate of drug-likeness (QED) is 0.369. The van der Waals surface area contributed by atoms with Gasteiger partial charge in [0.2, 0.25) is 0 Å². The zero-order chi connectivity index (χ0) is 13.0. The fourth-order valence-electron chi connectivity index (χ4n) is 1.27. The van der Waals surface area contributed by atoms with E-state index in [9.17, 15) is 14.9 Å². The van der Waals surface area contributed by atoms with Gasteiger partial charge in [-0.1, -0.05) is 15.9 Å². The van der Waals surface area contributed by atoms with E-state index in [4.69, 9.17) is 5.26 Å². The molecular formula is C10H7BrN2O4. The van der Waals surface area contributed by atoms with Crippen LogP contribution in [0.2, 0.25) is 0 Å². The van der Waals surface area contributed by atoms with Crippen LogP contribution in [0, 0.1) is 21.4 Å². The number of alkyl halides is 1. The van der Waals surface area contributed by atoms with Crippen molar-refractivity contribution in [2.24, 2.45) is 0 Å². The number of nitriles is 1. The van der Waals surface area contributed by atoms with E-state index in [0.29, 0.717) is 5.56 Å². The third-order valence-corrected chi connectivity index (χ3v) is 2.69. The number of hydrogen-bond donors (Lipinski definition) is 0. The Morgan fingerprint density at radius 2 is 2.29 bits per heavy atom. The summed E-state index contributed by atoms with van der Waals surface area (Å²) in [6, 6.07) is 4.23. The van der Waals surface area contributed by atoms with Crippen molar-refractivity contribution in [2.45, 2.75) is 5.33 Å². The standard InChI is InChI=1S/C10H7BrN2O4/c1-17-10(14)8-2-7(5-12)6(4-11)3-9(8)13(15)16/h2-3H,4H2,1H3. The lowest BCUT2D eigenvalue weighted by Gasteiger charge is -2.04. The van der Waals surface area contributed by atoms with Crippen molar-refractivity contribution in [1.29, 1.82) is 5.26 Å². The highest BCUT2D eigenvalue weighted by atomic mass is 79.9. The van der Waals surface area contributed by atoms with Crippen LogP contribution in [0.15, 0.2) is 12.1 Å². The monoisotopic (exact) mass is 298 g/mol. The number of esters is 1. The molecule has 88 valence electrons. The van der Waals surface area contributed by atoms with E-state index in [1.165, 1.54) is 12.1 Å². The molecule has 0 amide bonds. The number of nitro benzene ring substituents is 1. The molecule has 0 radical (unpaired) electrons. The van der Waals surface area contributed by atoms with Crippen molar-refractivity contribution in [2.75, 3.05) is 7.11 Å².